The first-order valence-corrected chi connectivity index (χ1v) is 3.98. The number of carbonyl (C=O) groups is 1. The quantitative estimate of drug-likeness (QED) is 0.780. The Kier molecular flexibility index (Phi) is 2.82. The van der Waals surface area contributed by atoms with Gasteiger partial charge in [0.25, 0.3) is 0 Å². The average molecular weight is 193 g/mol. The molecule has 0 unspecified atom stereocenters. The van der Waals surface area contributed by atoms with Gasteiger partial charge in [0.05, 0.1) is 11.5 Å². The summed E-state index contributed by atoms with van der Waals surface area (Å²) in [5.74, 6) is -2.36. The Hall–Kier alpha value is -1.89. The maximum Gasteiger partial charge on any atom is 0.310 e. The number of hydrogen-bond donors (Lipinski definition) is 1. The van der Waals surface area contributed by atoms with Gasteiger partial charge in [-0.2, -0.15) is 5.26 Å². The highest BCUT2D eigenvalue weighted by atomic mass is 19.1. The van der Waals surface area contributed by atoms with Gasteiger partial charge in [0.15, 0.2) is 0 Å². The van der Waals surface area contributed by atoms with Gasteiger partial charge in [-0.25, -0.2) is 4.39 Å². The van der Waals surface area contributed by atoms with E-state index in [4.69, 9.17) is 10.4 Å². The van der Waals surface area contributed by atoms with Crippen molar-refractivity contribution in [2.45, 2.75) is 12.8 Å². The molecule has 0 spiro atoms. The van der Waals surface area contributed by atoms with Crippen LogP contribution < -0.4 is 0 Å². The molecule has 4 heteroatoms. The second kappa shape index (κ2) is 3.88. The zero-order chi connectivity index (χ0) is 10.7. The van der Waals surface area contributed by atoms with Crippen molar-refractivity contribution < 1.29 is 14.3 Å². The lowest BCUT2D eigenvalue weighted by molar-refractivity contribution is -0.138. The molecule has 1 N–H and O–H groups in total. The monoisotopic (exact) mass is 193 g/mol. The summed E-state index contributed by atoms with van der Waals surface area (Å²) >= 11 is 0. The van der Waals surface area contributed by atoms with E-state index in [0.29, 0.717) is 5.56 Å². The third-order valence-corrected chi connectivity index (χ3v) is 1.98. The molecule has 0 aliphatic heterocycles. The molecular weight excluding hydrogens is 185 g/mol. The second-order valence-corrected chi connectivity index (χ2v) is 2.91. The van der Waals surface area contributed by atoms with Gasteiger partial charge in [-0.3, -0.25) is 4.79 Å². The summed E-state index contributed by atoms with van der Waals surface area (Å²) in [5, 5.41) is 17.2. The Labute approximate surface area is 80.4 Å². The van der Waals surface area contributed by atoms with Crippen LogP contribution in [0.25, 0.3) is 0 Å². The maximum atomic E-state index is 12.9. The summed E-state index contributed by atoms with van der Waals surface area (Å²) in [5.41, 5.74) is 0.297. The third-order valence-electron chi connectivity index (χ3n) is 1.98. The number of nitrogens with zero attached hydrogens (tertiary/aromatic N) is 1. The molecule has 14 heavy (non-hydrogen) atoms. The number of nitriles is 1. The van der Waals surface area contributed by atoms with Gasteiger partial charge in [0, 0.05) is 0 Å². The predicted molar refractivity (Wildman–Crippen MR) is 47.2 cm³/mol. The van der Waals surface area contributed by atoms with Gasteiger partial charge in [0.1, 0.15) is 11.9 Å². The minimum Gasteiger partial charge on any atom is -0.481 e. The van der Waals surface area contributed by atoms with Crippen LogP contribution in [0, 0.1) is 17.1 Å². The summed E-state index contributed by atoms with van der Waals surface area (Å²) in [6.45, 7) is 1.48. The van der Waals surface area contributed by atoms with Crippen LogP contribution in [0.15, 0.2) is 18.2 Å². The molecule has 1 aromatic rings. The van der Waals surface area contributed by atoms with Crippen molar-refractivity contribution in [2.24, 2.45) is 0 Å². The van der Waals surface area contributed by atoms with E-state index in [-0.39, 0.29) is 5.56 Å². The fraction of sp³-hybridized carbons (Fsp3) is 0.200. The Bertz CT molecular complexity index is 409. The maximum absolute atomic E-state index is 12.9. The fourth-order valence-corrected chi connectivity index (χ4v) is 1.04. The average Bonchev–Trinajstić information content (AvgIpc) is 2.17. The van der Waals surface area contributed by atoms with Crippen LogP contribution >= 0.6 is 0 Å². The van der Waals surface area contributed by atoms with Crippen molar-refractivity contribution in [3.8, 4) is 6.07 Å². The topological polar surface area (TPSA) is 61.1 Å². The van der Waals surface area contributed by atoms with Gasteiger partial charge in [-0.15, -0.1) is 0 Å². The Morgan fingerprint density at radius 2 is 2.29 bits per heavy atom. The van der Waals surface area contributed by atoms with Crippen molar-refractivity contribution in [1.29, 1.82) is 5.26 Å². The van der Waals surface area contributed by atoms with E-state index < -0.39 is 17.7 Å². The van der Waals surface area contributed by atoms with Crippen LogP contribution in [0.1, 0.15) is 24.0 Å². The molecule has 1 aromatic carbocycles. The fourth-order valence-electron chi connectivity index (χ4n) is 1.04. The van der Waals surface area contributed by atoms with Crippen LogP contribution in [0.2, 0.25) is 0 Å². The highest BCUT2D eigenvalue weighted by Crippen LogP contribution is 2.18. The van der Waals surface area contributed by atoms with E-state index in [0.717, 1.165) is 6.07 Å². The largest absolute Gasteiger partial charge is 0.481 e. The molecule has 1 atom stereocenters. The zero-order valence-electron chi connectivity index (χ0n) is 7.49. The molecule has 0 saturated heterocycles. The lowest BCUT2D eigenvalue weighted by Gasteiger charge is -2.06. The van der Waals surface area contributed by atoms with Crippen molar-refractivity contribution in [2.75, 3.05) is 0 Å². The Morgan fingerprint density at radius 3 is 2.79 bits per heavy atom. The summed E-state index contributed by atoms with van der Waals surface area (Å²) < 4.78 is 12.9. The van der Waals surface area contributed by atoms with Gasteiger partial charge >= 0.3 is 5.97 Å². The third kappa shape index (κ3) is 1.88. The van der Waals surface area contributed by atoms with E-state index in [1.54, 1.807) is 6.07 Å². The molecule has 0 bridgehead atoms. The van der Waals surface area contributed by atoms with Crippen LogP contribution in [-0.4, -0.2) is 11.1 Å². The van der Waals surface area contributed by atoms with E-state index in [9.17, 15) is 9.18 Å². The number of rotatable bonds is 2. The van der Waals surface area contributed by atoms with E-state index in [1.165, 1.54) is 19.1 Å². The van der Waals surface area contributed by atoms with Crippen molar-refractivity contribution in [1.82, 2.24) is 0 Å². The number of carboxylic acids is 1. The zero-order valence-corrected chi connectivity index (χ0v) is 7.49. The van der Waals surface area contributed by atoms with E-state index in [2.05, 4.69) is 0 Å². The first kappa shape index (κ1) is 10.2. The minimum absolute atomic E-state index is 0.129. The molecular formula is C10H8FNO2. The molecule has 0 radical (unpaired) electrons. The number of halogens is 1. The number of aliphatic carboxylic acids is 1. The number of carboxylic acid groups (broad SMARTS) is 1. The molecule has 0 saturated carbocycles. The first-order valence-electron chi connectivity index (χ1n) is 3.98. The SMILES string of the molecule is C[C@H](C(=O)O)c1ccc(F)c(C#N)c1. The summed E-state index contributed by atoms with van der Waals surface area (Å²) in [4.78, 5) is 10.6. The van der Waals surface area contributed by atoms with Crippen molar-refractivity contribution >= 4 is 5.97 Å². The van der Waals surface area contributed by atoms with Crippen molar-refractivity contribution in [3.63, 3.8) is 0 Å². The molecule has 0 amide bonds. The lowest BCUT2D eigenvalue weighted by atomic mass is 9.99. The van der Waals surface area contributed by atoms with Crippen LogP contribution in [0.5, 0.6) is 0 Å². The highest BCUT2D eigenvalue weighted by Gasteiger charge is 2.15. The van der Waals surface area contributed by atoms with Crippen LogP contribution in [0.3, 0.4) is 0 Å². The molecule has 72 valence electrons. The van der Waals surface area contributed by atoms with Crippen LogP contribution in [0.4, 0.5) is 4.39 Å². The predicted octanol–water partition coefficient (Wildman–Crippen LogP) is 1.89. The molecule has 0 aromatic heterocycles. The van der Waals surface area contributed by atoms with Crippen molar-refractivity contribution in [3.05, 3.63) is 35.1 Å². The Balaban J connectivity index is 3.14. The number of benzene rings is 1. The summed E-state index contributed by atoms with van der Waals surface area (Å²) in [6, 6.07) is 5.39. The smallest absolute Gasteiger partial charge is 0.310 e. The molecule has 0 aliphatic carbocycles. The van der Waals surface area contributed by atoms with Gasteiger partial charge in [0.2, 0.25) is 0 Å². The molecule has 0 aliphatic rings. The van der Waals surface area contributed by atoms with Gasteiger partial charge in [-0.1, -0.05) is 6.07 Å². The molecule has 3 nitrogen and oxygen atoms in total. The molecule has 0 heterocycles. The molecule has 1 rings (SSSR count). The minimum atomic E-state index is -1.000. The lowest BCUT2D eigenvalue weighted by Crippen LogP contribution is -2.07. The summed E-state index contributed by atoms with van der Waals surface area (Å²) in [6.07, 6.45) is 0. The number of hydrogen-bond acceptors (Lipinski definition) is 2. The normalized spacial score (nSPS) is 11.8. The highest BCUT2D eigenvalue weighted by molar-refractivity contribution is 5.75. The van der Waals surface area contributed by atoms with Gasteiger partial charge in [-0.05, 0) is 24.6 Å². The van der Waals surface area contributed by atoms with Crippen LogP contribution in [-0.2, 0) is 4.79 Å². The van der Waals surface area contributed by atoms with E-state index in [1.807, 2.05) is 0 Å². The molecule has 0 fully saturated rings. The van der Waals surface area contributed by atoms with Gasteiger partial charge < -0.3 is 5.11 Å². The Morgan fingerprint density at radius 1 is 1.64 bits per heavy atom. The standard InChI is InChI=1S/C10H8FNO2/c1-6(10(13)14)7-2-3-9(11)8(4-7)5-12/h2-4,6H,1H3,(H,13,14)/t6-/m0/s1. The first-order chi connectivity index (χ1) is 6.56. The summed E-state index contributed by atoms with van der Waals surface area (Å²) in [7, 11) is 0. The van der Waals surface area contributed by atoms with E-state index >= 15 is 0 Å². The second-order valence-electron chi connectivity index (χ2n) is 2.91.